The van der Waals surface area contributed by atoms with E-state index in [9.17, 15) is 13.6 Å². The lowest BCUT2D eigenvalue weighted by molar-refractivity contribution is 0.0881. The van der Waals surface area contributed by atoms with Crippen molar-refractivity contribution in [1.82, 2.24) is 5.32 Å². The molecule has 1 aliphatic rings. The van der Waals surface area contributed by atoms with E-state index in [0.29, 0.717) is 19.6 Å². The summed E-state index contributed by atoms with van der Waals surface area (Å²) in [5.41, 5.74) is 3.82. The molecule has 1 saturated heterocycles. The molecule has 1 aliphatic heterocycles. The van der Waals surface area contributed by atoms with Gasteiger partial charge in [-0.05, 0) is 25.5 Å². The number of hydrogen-bond donors (Lipinski definition) is 2. The van der Waals surface area contributed by atoms with Crippen molar-refractivity contribution in [2.75, 3.05) is 18.9 Å². The molecule has 0 bridgehead atoms. The molecule has 1 fully saturated rings. The lowest BCUT2D eigenvalue weighted by Crippen LogP contribution is -2.47. The van der Waals surface area contributed by atoms with Gasteiger partial charge in [-0.15, -0.1) is 0 Å². The van der Waals surface area contributed by atoms with Crippen LogP contribution in [0.5, 0.6) is 0 Å². The first-order valence-corrected chi connectivity index (χ1v) is 5.57. The maximum Gasteiger partial charge on any atom is 0.257 e. The Morgan fingerprint density at radius 1 is 1.50 bits per heavy atom. The maximum atomic E-state index is 13.7. The van der Waals surface area contributed by atoms with Gasteiger partial charge in [-0.3, -0.25) is 4.79 Å². The molecule has 0 saturated carbocycles. The van der Waals surface area contributed by atoms with Gasteiger partial charge in [0.2, 0.25) is 0 Å². The first kappa shape index (κ1) is 12.8. The van der Waals surface area contributed by atoms with Crippen molar-refractivity contribution >= 4 is 11.6 Å². The van der Waals surface area contributed by atoms with Gasteiger partial charge < -0.3 is 15.8 Å². The molecule has 0 aliphatic carbocycles. The second kappa shape index (κ2) is 4.53. The highest BCUT2D eigenvalue weighted by Crippen LogP contribution is 2.22. The number of nitrogen functional groups attached to an aromatic ring is 1. The zero-order valence-corrected chi connectivity index (χ0v) is 9.93. The van der Waals surface area contributed by atoms with Crippen LogP contribution in [0.1, 0.15) is 23.7 Å². The van der Waals surface area contributed by atoms with Gasteiger partial charge in [-0.25, -0.2) is 8.78 Å². The summed E-state index contributed by atoms with van der Waals surface area (Å²) in [4.78, 5) is 11.9. The summed E-state index contributed by atoms with van der Waals surface area (Å²) in [6, 6.07) is 2.06. The van der Waals surface area contributed by atoms with E-state index in [4.69, 9.17) is 10.5 Å². The average molecular weight is 256 g/mol. The van der Waals surface area contributed by atoms with Crippen LogP contribution in [-0.4, -0.2) is 24.7 Å². The van der Waals surface area contributed by atoms with Crippen LogP contribution in [0.4, 0.5) is 14.5 Å². The van der Waals surface area contributed by atoms with Crippen molar-refractivity contribution in [3.05, 3.63) is 29.3 Å². The molecule has 1 heterocycles. The van der Waals surface area contributed by atoms with E-state index in [-0.39, 0.29) is 5.69 Å². The monoisotopic (exact) mass is 256 g/mol. The highest BCUT2D eigenvalue weighted by molar-refractivity contribution is 5.96. The molecule has 0 spiro atoms. The Morgan fingerprint density at radius 2 is 2.22 bits per heavy atom. The highest BCUT2D eigenvalue weighted by atomic mass is 19.1. The fraction of sp³-hybridized carbons (Fsp3) is 0.417. The number of amides is 1. The largest absolute Gasteiger partial charge is 0.396 e. The van der Waals surface area contributed by atoms with Gasteiger partial charge in [0.15, 0.2) is 5.82 Å². The quantitative estimate of drug-likeness (QED) is 0.787. The third kappa shape index (κ3) is 2.28. The molecule has 1 amide bonds. The Labute approximate surface area is 103 Å². The number of rotatable bonds is 2. The van der Waals surface area contributed by atoms with Crippen molar-refractivity contribution in [2.24, 2.45) is 0 Å². The van der Waals surface area contributed by atoms with Gasteiger partial charge in [0.05, 0.1) is 17.8 Å². The zero-order valence-electron chi connectivity index (χ0n) is 9.93. The second-order valence-corrected chi connectivity index (χ2v) is 4.64. The SMILES string of the molecule is CC1(NC(=O)c2c(F)ccc(N)c2F)CCOC1. The molecule has 1 unspecified atom stereocenters. The van der Waals surface area contributed by atoms with Crippen molar-refractivity contribution in [1.29, 1.82) is 0 Å². The van der Waals surface area contributed by atoms with Crippen LogP contribution in [0, 0.1) is 11.6 Å². The Bertz CT molecular complexity index is 485. The minimum atomic E-state index is -1.03. The number of halogens is 2. The summed E-state index contributed by atoms with van der Waals surface area (Å²) in [5.74, 6) is -2.78. The highest BCUT2D eigenvalue weighted by Gasteiger charge is 2.33. The summed E-state index contributed by atoms with van der Waals surface area (Å²) in [6.07, 6.45) is 0.601. The molecule has 6 heteroatoms. The molecule has 0 radical (unpaired) electrons. The lowest BCUT2D eigenvalue weighted by atomic mass is 10.0. The molecular formula is C12H14F2N2O2. The van der Waals surface area contributed by atoms with E-state index in [1.165, 1.54) is 0 Å². The fourth-order valence-electron chi connectivity index (χ4n) is 1.88. The number of nitrogens with two attached hydrogens (primary N) is 1. The van der Waals surface area contributed by atoms with Crippen molar-refractivity contribution in [3.63, 3.8) is 0 Å². The molecule has 1 aromatic rings. The number of benzene rings is 1. The van der Waals surface area contributed by atoms with Crippen LogP contribution in [0.2, 0.25) is 0 Å². The van der Waals surface area contributed by atoms with Gasteiger partial charge in [0.25, 0.3) is 5.91 Å². The zero-order chi connectivity index (χ0) is 13.3. The van der Waals surface area contributed by atoms with Crippen LogP contribution in [0.15, 0.2) is 12.1 Å². The standard InChI is InChI=1S/C12H14F2N2O2/c1-12(4-5-18-6-12)16-11(17)9-7(13)2-3-8(15)10(9)14/h2-3H,4-6,15H2,1H3,(H,16,17). The molecule has 18 heavy (non-hydrogen) atoms. The van der Waals surface area contributed by atoms with E-state index in [0.717, 1.165) is 12.1 Å². The molecule has 0 aromatic heterocycles. The van der Waals surface area contributed by atoms with Crippen molar-refractivity contribution in [3.8, 4) is 0 Å². The summed E-state index contributed by atoms with van der Waals surface area (Å²) in [5, 5.41) is 2.58. The Balaban J connectivity index is 2.26. The average Bonchev–Trinajstić information content (AvgIpc) is 2.71. The number of carbonyl (C=O) groups excluding carboxylic acids is 1. The first-order valence-electron chi connectivity index (χ1n) is 5.57. The van der Waals surface area contributed by atoms with E-state index in [2.05, 4.69) is 5.32 Å². The fourth-order valence-corrected chi connectivity index (χ4v) is 1.88. The van der Waals surface area contributed by atoms with Gasteiger partial charge in [-0.1, -0.05) is 0 Å². The Morgan fingerprint density at radius 3 is 2.83 bits per heavy atom. The van der Waals surface area contributed by atoms with Crippen LogP contribution in [-0.2, 0) is 4.74 Å². The molecule has 3 N–H and O–H groups in total. The van der Waals surface area contributed by atoms with Crippen LogP contribution in [0.3, 0.4) is 0 Å². The summed E-state index contributed by atoms with van der Waals surface area (Å²) >= 11 is 0. The van der Waals surface area contributed by atoms with Crippen molar-refractivity contribution in [2.45, 2.75) is 18.9 Å². The van der Waals surface area contributed by atoms with Crippen molar-refractivity contribution < 1.29 is 18.3 Å². The van der Waals surface area contributed by atoms with Crippen LogP contribution >= 0.6 is 0 Å². The van der Waals surface area contributed by atoms with Gasteiger partial charge >= 0.3 is 0 Å². The summed E-state index contributed by atoms with van der Waals surface area (Å²) < 4.78 is 32.3. The summed E-state index contributed by atoms with van der Waals surface area (Å²) in [7, 11) is 0. The van der Waals surface area contributed by atoms with Crippen LogP contribution < -0.4 is 11.1 Å². The minimum Gasteiger partial charge on any atom is -0.396 e. The van der Waals surface area contributed by atoms with Crippen LogP contribution in [0.25, 0.3) is 0 Å². The molecule has 4 nitrogen and oxygen atoms in total. The van der Waals surface area contributed by atoms with E-state index in [1.807, 2.05) is 0 Å². The molecule has 98 valence electrons. The number of hydrogen-bond acceptors (Lipinski definition) is 3. The Kier molecular flexibility index (Phi) is 3.21. The first-order chi connectivity index (χ1) is 8.43. The van der Waals surface area contributed by atoms with Gasteiger partial charge in [-0.2, -0.15) is 0 Å². The maximum absolute atomic E-state index is 13.7. The van der Waals surface area contributed by atoms with Gasteiger partial charge in [0.1, 0.15) is 11.4 Å². The minimum absolute atomic E-state index is 0.255. The Hall–Kier alpha value is -1.69. The lowest BCUT2D eigenvalue weighted by Gasteiger charge is -2.23. The van der Waals surface area contributed by atoms with E-state index < -0.39 is 28.6 Å². The smallest absolute Gasteiger partial charge is 0.257 e. The summed E-state index contributed by atoms with van der Waals surface area (Å²) in [6.45, 7) is 2.60. The van der Waals surface area contributed by atoms with E-state index in [1.54, 1.807) is 6.92 Å². The molecule has 1 atom stereocenters. The van der Waals surface area contributed by atoms with E-state index >= 15 is 0 Å². The predicted molar refractivity (Wildman–Crippen MR) is 62.1 cm³/mol. The third-order valence-electron chi connectivity index (χ3n) is 2.98. The number of carbonyl (C=O) groups is 1. The second-order valence-electron chi connectivity index (χ2n) is 4.64. The van der Waals surface area contributed by atoms with Gasteiger partial charge in [0, 0.05) is 6.61 Å². The molecular weight excluding hydrogens is 242 g/mol. The number of ether oxygens (including phenoxy) is 1. The molecule has 2 rings (SSSR count). The number of anilines is 1. The normalized spacial score (nSPS) is 23.1. The predicted octanol–water partition coefficient (Wildman–Crippen LogP) is 1.46. The molecule has 1 aromatic carbocycles. The third-order valence-corrected chi connectivity index (χ3v) is 2.98. The topological polar surface area (TPSA) is 64.4 Å². The number of nitrogens with one attached hydrogen (secondary N) is 1.